The van der Waals surface area contributed by atoms with Crippen molar-refractivity contribution in [3.8, 4) is 0 Å². The molecule has 5 aromatic rings. The van der Waals surface area contributed by atoms with Gasteiger partial charge < -0.3 is 28.4 Å². The monoisotopic (exact) mass is 658 g/mol. The van der Waals surface area contributed by atoms with Gasteiger partial charge >= 0.3 is 5.97 Å². The molecule has 5 aromatic carbocycles. The topological polar surface area (TPSA) is 72.5 Å². The normalized spacial score (nSPS) is 20.4. The molecule has 1 fully saturated rings. The molecule has 6 rings (SSSR count). The number of hydrogen-bond donors (Lipinski definition) is 0. The predicted molar refractivity (Wildman–Crippen MR) is 186 cm³/mol. The third-order valence-electron chi connectivity index (χ3n) is 8.28. The zero-order chi connectivity index (χ0) is 33.5. The van der Waals surface area contributed by atoms with Crippen molar-refractivity contribution < 1.29 is 33.2 Å². The number of rotatable bonds is 16. The van der Waals surface area contributed by atoms with Gasteiger partial charge in [0.05, 0.1) is 39.5 Å². The number of ether oxygens (including phenoxy) is 6. The summed E-state index contributed by atoms with van der Waals surface area (Å²) in [6.45, 7) is 1.43. The molecule has 252 valence electrons. The summed E-state index contributed by atoms with van der Waals surface area (Å²) < 4.78 is 38.9. The van der Waals surface area contributed by atoms with Crippen molar-refractivity contribution in [2.24, 2.45) is 0 Å². The Balaban J connectivity index is 1.30. The van der Waals surface area contributed by atoms with Gasteiger partial charge in [0.2, 0.25) is 6.29 Å². The first-order chi connectivity index (χ1) is 24.2. The first kappa shape index (κ1) is 34.2. The lowest BCUT2D eigenvalue weighted by Gasteiger charge is -2.45. The fourth-order valence-electron chi connectivity index (χ4n) is 5.78. The highest BCUT2D eigenvalue weighted by atomic mass is 16.7. The van der Waals surface area contributed by atoms with Crippen LogP contribution in [0.1, 0.15) is 27.8 Å². The molecule has 0 radical (unpaired) electrons. The van der Waals surface area contributed by atoms with Gasteiger partial charge in [-0.2, -0.15) is 0 Å². The minimum atomic E-state index is -1.08. The lowest BCUT2D eigenvalue weighted by Crippen LogP contribution is -2.62. The van der Waals surface area contributed by atoms with Crippen LogP contribution in [0.3, 0.4) is 0 Å². The number of hydrogen-bond acceptors (Lipinski definition) is 7. The fourth-order valence-corrected chi connectivity index (χ4v) is 5.78. The zero-order valence-electron chi connectivity index (χ0n) is 27.4. The maximum atomic E-state index is 13.4. The Morgan fingerprint density at radius 1 is 0.469 bits per heavy atom. The molecule has 1 heterocycles. The summed E-state index contributed by atoms with van der Waals surface area (Å²) in [7, 11) is 0. The van der Waals surface area contributed by atoms with Crippen molar-refractivity contribution in [1.29, 1.82) is 0 Å². The molecule has 7 heteroatoms. The van der Waals surface area contributed by atoms with Gasteiger partial charge in [0.1, 0.15) is 24.4 Å². The maximum absolute atomic E-state index is 13.4. The summed E-state index contributed by atoms with van der Waals surface area (Å²) in [4.78, 5) is 13.4. The first-order valence-electron chi connectivity index (χ1n) is 16.7. The molecule has 0 bridgehead atoms. The predicted octanol–water partition coefficient (Wildman–Crippen LogP) is 7.47. The van der Waals surface area contributed by atoms with Crippen LogP contribution < -0.4 is 0 Å². The Bertz CT molecular complexity index is 1650. The highest BCUT2D eigenvalue weighted by Gasteiger charge is 2.50. The molecule has 49 heavy (non-hydrogen) atoms. The van der Waals surface area contributed by atoms with E-state index in [0.29, 0.717) is 19.8 Å². The summed E-state index contributed by atoms with van der Waals surface area (Å²) in [5.41, 5.74) is 4.84. The number of esters is 1. The second-order valence-electron chi connectivity index (χ2n) is 12.0. The molecule has 0 saturated carbocycles. The van der Waals surface area contributed by atoms with Gasteiger partial charge in [-0.25, -0.2) is 0 Å². The van der Waals surface area contributed by atoms with E-state index in [1.54, 1.807) is 0 Å². The van der Waals surface area contributed by atoms with Crippen LogP contribution in [0.5, 0.6) is 0 Å². The number of benzene rings is 5. The summed E-state index contributed by atoms with van der Waals surface area (Å²) in [5.74, 6) is -0.432. The van der Waals surface area contributed by atoms with Crippen LogP contribution in [0.25, 0.3) is 0 Å². The largest absolute Gasteiger partial charge is 0.432 e. The molecule has 0 amide bonds. The van der Waals surface area contributed by atoms with Crippen molar-refractivity contribution in [3.63, 3.8) is 0 Å². The van der Waals surface area contributed by atoms with Crippen molar-refractivity contribution in [3.05, 3.63) is 179 Å². The standard InChI is InChI=1S/C42H42O7/c43-38(26-32-16-6-1-7-17-32)49-42-41(47-30-36-24-14-5-15-25-36)40(46-29-35-22-12-4-13-23-35)39(45-28-34-20-10-3-11-21-34)37(48-42)31-44-27-33-18-8-2-9-19-33/h1-25,37,39-42H,26-31H2/t37-,39+,40+,41-,42-/m1/s1. The number of carbonyl (C=O) groups is 1. The average molecular weight is 659 g/mol. The van der Waals surface area contributed by atoms with E-state index in [-0.39, 0.29) is 19.6 Å². The molecule has 0 aliphatic carbocycles. The van der Waals surface area contributed by atoms with E-state index in [4.69, 9.17) is 28.4 Å². The van der Waals surface area contributed by atoms with Gasteiger partial charge in [-0.1, -0.05) is 152 Å². The average Bonchev–Trinajstić information content (AvgIpc) is 3.15. The first-order valence-corrected chi connectivity index (χ1v) is 16.7. The molecule has 0 unspecified atom stereocenters. The van der Waals surface area contributed by atoms with E-state index >= 15 is 0 Å². The summed E-state index contributed by atoms with van der Waals surface area (Å²) in [6, 6.07) is 49.2. The van der Waals surface area contributed by atoms with E-state index in [2.05, 4.69) is 0 Å². The van der Waals surface area contributed by atoms with E-state index in [1.165, 1.54) is 0 Å². The van der Waals surface area contributed by atoms with Crippen LogP contribution in [0.15, 0.2) is 152 Å². The molecule has 5 atom stereocenters. The van der Waals surface area contributed by atoms with Crippen LogP contribution in [0.2, 0.25) is 0 Å². The van der Waals surface area contributed by atoms with Crippen molar-refractivity contribution in [1.82, 2.24) is 0 Å². The van der Waals surface area contributed by atoms with Crippen LogP contribution in [-0.2, 0) is 66.1 Å². The van der Waals surface area contributed by atoms with Crippen molar-refractivity contribution in [2.45, 2.75) is 63.6 Å². The minimum absolute atomic E-state index is 0.0880. The van der Waals surface area contributed by atoms with Gasteiger partial charge in [0.25, 0.3) is 0 Å². The molecule has 1 aliphatic rings. The second kappa shape index (κ2) is 18.2. The second-order valence-corrected chi connectivity index (χ2v) is 12.0. The number of carbonyl (C=O) groups excluding carboxylic acids is 1. The molecular weight excluding hydrogens is 616 g/mol. The Morgan fingerprint density at radius 3 is 1.33 bits per heavy atom. The van der Waals surface area contributed by atoms with Crippen molar-refractivity contribution >= 4 is 5.97 Å². The Morgan fingerprint density at radius 2 is 0.857 bits per heavy atom. The zero-order valence-corrected chi connectivity index (χ0v) is 27.4. The van der Waals surface area contributed by atoms with Gasteiger partial charge in [-0.3, -0.25) is 4.79 Å². The molecule has 0 spiro atoms. The summed E-state index contributed by atoms with van der Waals surface area (Å²) >= 11 is 0. The molecular formula is C42H42O7. The molecule has 1 saturated heterocycles. The van der Waals surface area contributed by atoms with Crippen LogP contribution >= 0.6 is 0 Å². The third kappa shape index (κ3) is 10.4. The Hall–Kier alpha value is -4.63. The van der Waals surface area contributed by atoms with E-state index in [1.807, 2.05) is 152 Å². The Labute approximate surface area is 288 Å². The SMILES string of the molecule is O=C(Cc1ccccc1)O[C@H]1O[C@H](COCc2ccccc2)[C@H](OCc2ccccc2)[C@H](OCc2ccccc2)[C@H]1OCc1ccccc1. The van der Waals surface area contributed by atoms with Gasteiger partial charge in [0, 0.05) is 0 Å². The molecule has 7 nitrogen and oxygen atoms in total. The highest BCUT2D eigenvalue weighted by molar-refractivity contribution is 5.72. The highest BCUT2D eigenvalue weighted by Crippen LogP contribution is 2.32. The van der Waals surface area contributed by atoms with E-state index < -0.39 is 36.7 Å². The quantitative estimate of drug-likeness (QED) is 0.102. The third-order valence-corrected chi connectivity index (χ3v) is 8.28. The summed E-state index contributed by atoms with van der Waals surface area (Å²) in [6.07, 6.45) is -3.74. The minimum Gasteiger partial charge on any atom is -0.432 e. The van der Waals surface area contributed by atoms with Crippen LogP contribution in [-0.4, -0.2) is 43.3 Å². The smallest absolute Gasteiger partial charge is 0.312 e. The van der Waals surface area contributed by atoms with Crippen LogP contribution in [0, 0.1) is 0 Å². The van der Waals surface area contributed by atoms with Crippen LogP contribution in [0.4, 0.5) is 0 Å². The van der Waals surface area contributed by atoms with Crippen molar-refractivity contribution in [2.75, 3.05) is 6.61 Å². The van der Waals surface area contributed by atoms with E-state index in [0.717, 1.165) is 27.8 Å². The lowest BCUT2D eigenvalue weighted by atomic mass is 9.97. The van der Waals surface area contributed by atoms with E-state index in [9.17, 15) is 4.79 Å². The Kier molecular flexibility index (Phi) is 12.7. The van der Waals surface area contributed by atoms with Gasteiger partial charge in [0.15, 0.2) is 0 Å². The molecule has 0 aromatic heterocycles. The van der Waals surface area contributed by atoms with Gasteiger partial charge in [-0.05, 0) is 27.8 Å². The maximum Gasteiger partial charge on any atom is 0.312 e. The van der Waals surface area contributed by atoms with Gasteiger partial charge in [-0.15, -0.1) is 0 Å². The summed E-state index contributed by atoms with van der Waals surface area (Å²) in [5, 5.41) is 0. The molecule has 0 N–H and O–H groups in total. The lowest BCUT2D eigenvalue weighted by molar-refractivity contribution is -0.320. The fraction of sp³-hybridized carbons (Fsp3) is 0.262. The molecule has 1 aliphatic heterocycles.